The number of aliphatic hydroxyl groups is 2. The SMILES string of the molecule is CCCc1ccc(Br)cc1.CCCc1ccc(C2(O)c3ccccc3C(O)(c3ccc(CCC)cc3)c3c(Cl)ccc(Cl)c32)cc1. The first-order chi connectivity index (χ1) is 22.2. The first kappa shape index (κ1) is 34.4. The third-order valence-electron chi connectivity index (χ3n) is 8.81. The van der Waals surface area contributed by atoms with Crippen molar-refractivity contribution in [2.45, 2.75) is 70.5 Å². The van der Waals surface area contributed by atoms with Gasteiger partial charge in [-0.15, -0.1) is 0 Å². The van der Waals surface area contributed by atoms with Crippen LogP contribution >= 0.6 is 39.1 Å². The number of fused-ring (bicyclic) bond motifs is 2. The third-order valence-corrected chi connectivity index (χ3v) is 9.97. The molecule has 2 nitrogen and oxygen atoms in total. The molecule has 6 rings (SSSR count). The fourth-order valence-corrected chi connectivity index (χ4v) is 7.44. The lowest BCUT2D eigenvalue weighted by Gasteiger charge is -2.46. The van der Waals surface area contributed by atoms with Crippen LogP contribution in [0, 0.1) is 0 Å². The normalized spacial score (nSPS) is 18.3. The van der Waals surface area contributed by atoms with E-state index in [9.17, 15) is 10.2 Å². The molecule has 2 atom stereocenters. The Labute approximate surface area is 292 Å². The Morgan fingerprint density at radius 2 is 0.826 bits per heavy atom. The number of aryl methyl sites for hydroxylation is 3. The summed E-state index contributed by atoms with van der Waals surface area (Å²) >= 11 is 17.1. The molecule has 1 aliphatic carbocycles. The summed E-state index contributed by atoms with van der Waals surface area (Å²) in [5.41, 5.74) is 4.02. The van der Waals surface area contributed by atoms with Crippen molar-refractivity contribution in [2.24, 2.45) is 0 Å². The average molecular weight is 717 g/mol. The molecule has 5 aromatic rings. The quantitative estimate of drug-likeness (QED) is 0.168. The van der Waals surface area contributed by atoms with Gasteiger partial charge >= 0.3 is 0 Å². The van der Waals surface area contributed by atoms with Crippen molar-refractivity contribution in [3.8, 4) is 0 Å². The van der Waals surface area contributed by atoms with Crippen LogP contribution in [0.25, 0.3) is 0 Å². The highest BCUT2D eigenvalue weighted by molar-refractivity contribution is 9.10. The molecule has 5 heteroatoms. The second-order valence-corrected chi connectivity index (χ2v) is 13.7. The topological polar surface area (TPSA) is 40.5 Å². The molecule has 0 amide bonds. The molecule has 2 N–H and O–H groups in total. The van der Waals surface area contributed by atoms with E-state index in [1.807, 2.05) is 72.8 Å². The summed E-state index contributed by atoms with van der Waals surface area (Å²) in [5, 5.41) is 25.9. The first-order valence-corrected chi connectivity index (χ1v) is 17.7. The minimum Gasteiger partial charge on any atom is -0.376 e. The maximum absolute atomic E-state index is 12.6. The van der Waals surface area contributed by atoms with E-state index in [0.717, 1.165) is 30.2 Å². The van der Waals surface area contributed by atoms with Crippen LogP contribution in [0.3, 0.4) is 0 Å². The zero-order valence-electron chi connectivity index (χ0n) is 26.7. The predicted octanol–water partition coefficient (Wildman–Crippen LogP) is 11.2. The lowest BCUT2D eigenvalue weighted by molar-refractivity contribution is 0.0749. The molecule has 1 aliphatic rings. The van der Waals surface area contributed by atoms with E-state index < -0.39 is 11.2 Å². The summed E-state index contributed by atoms with van der Waals surface area (Å²) < 4.78 is 1.16. The predicted molar refractivity (Wildman–Crippen MR) is 196 cm³/mol. The van der Waals surface area contributed by atoms with Gasteiger partial charge in [0.25, 0.3) is 0 Å². The highest BCUT2D eigenvalue weighted by Gasteiger charge is 2.53. The number of rotatable bonds is 8. The van der Waals surface area contributed by atoms with Crippen LogP contribution in [0.4, 0.5) is 0 Å². The maximum atomic E-state index is 12.6. The monoisotopic (exact) mass is 714 g/mol. The van der Waals surface area contributed by atoms with Crippen LogP contribution in [-0.4, -0.2) is 10.2 Å². The van der Waals surface area contributed by atoms with Gasteiger partial charge in [0.2, 0.25) is 0 Å². The molecule has 46 heavy (non-hydrogen) atoms. The zero-order valence-corrected chi connectivity index (χ0v) is 29.8. The van der Waals surface area contributed by atoms with Gasteiger partial charge in [-0.25, -0.2) is 0 Å². The Balaban J connectivity index is 0.000000356. The van der Waals surface area contributed by atoms with E-state index >= 15 is 0 Å². The highest BCUT2D eigenvalue weighted by Crippen LogP contribution is 2.56. The van der Waals surface area contributed by atoms with Gasteiger partial charge in [0.15, 0.2) is 0 Å². The molecule has 0 aliphatic heterocycles. The lowest BCUT2D eigenvalue weighted by Crippen LogP contribution is -2.44. The van der Waals surface area contributed by atoms with Crippen LogP contribution in [0.1, 0.15) is 90.1 Å². The van der Waals surface area contributed by atoms with Gasteiger partial charge in [-0.1, -0.05) is 164 Å². The van der Waals surface area contributed by atoms with Gasteiger partial charge in [0.05, 0.1) is 0 Å². The molecule has 0 radical (unpaired) electrons. The second kappa shape index (κ2) is 14.9. The van der Waals surface area contributed by atoms with E-state index in [-0.39, 0.29) is 0 Å². The van der Waals surface area contributed by atoms with Crippen molar-refractivity contribution < 1.29 is 10.2 Å². The molecular formula is C41H41BrCl2O2. The molecule has 0 heterocycles. The van der Waals surface area contributed by atoms with Crippen LogP contribution < -0.4 is 0 Å². The number of halogens is 3. The summed E-state index contributed by atoms with van der Waals surface area (Å²) in [6.45, 7) is 6.49. The number of hydrogen-bond donors (Lipinski definition) is 2. The zero-order chi connectivity index (χ0) is 32.9. The van der Waals surface area contributed by atoms with Crippen LogP contribution in [-0.2, 0) is 30.5 Å². The smallest absolute Gasteiger partial charge is 0.142 e. The van der Waals surface area contributed by atoms with E-state index in [1.165, 1.54) is 29.5 Å². The summed E-state index contributed by atoms with van der Waals surface area (Å²) in [4.78, 5) is 0. The van der Waals surface area contributed by atoms with Crippen molar-refractivity contribution in [1.29, 1.82) is 0 Å². The minimum atomic E-state index is -1.59. The molecule has 5 aromatic carbocycles. The highest BCUT2D eigenvalue weighted by atomic mass is 79.9. The van der Waals surface area contributed by atoms with Gasteiger partial charge in [-0.05, 0) is 82.5 Å². The maximum Gasteiger partial charge on any atom is 0.142 e. The van der Waals surface area contributed by atoms with Crippen LogP contribution in [0.2, 0.25) is 10.0 Å². The van der Waals surface area contributed by atoms with Crippen molar-refractivity contribution in [3.63, 3.8) is 0 Å². The van der Waals surface area contributed by atoms with Crippen molar-refractivity contribution in [1.82, 2.24) is 0 Å². The summed E-state index contributed by atoms with van der Waals surface area (Å²) in [7, 11) is 0. The summed E-state index contributed by atoms with van der Waals surface area (Å²) in [6.07, 6.45) is 6.43. The third kappa shape index (κ3) is 6.59. The fraction of sp³-hybridized carbons (Fsp3) is 0.268. The number of hydrogen-bond acceptors (Lipinski definition) is 2. The van der Waals surface area contributed by atoms with Crippen LogP contribution in [0.15, 0.2) is 114 Å². The van der Waals surface area contributed by atoms with E-state index in [2.05, 4.69) is 61.0 Å². The number of benzene rings is 5. The molecule has 0 spiro atoms. The summed E-state index contributed by atoms with van der Waals surface area (Å²) in [5.74, 6) is 0. The van der Waals surface area contributed by atoms with Gasteiger partial charge in [-0.2, -0.15) is 0 Å². The van der Waals surface area contributed by atoms with Crippen molar-refractivity contribution in [3.05, 3.63) is 174 Å². The van der Waals surface area contributed by atoms with Gasteiger partial charge in [-0.3, -0.25) is 0 Å². The van der Waals surface area contributed by atoms with Gasteiger partial charge < -0.3 is 10.2 Å². The average Bonchev–Trinajstić information content (AvgIpc) is 3.07. The van der Waals surface area contributed by atoms with Crippen LogP contribution in [0.5, 0.6) is 0 Å². The second-order valence-electron chi connectivity index (χ2n) is 12.0. The molecule has 0 saturated carbocycles. The Bertz CT molecular complexity index is 1660. The van der Waals surface area contributed by atoms with E-state index in [0.29, 0.717) is 43.4 Å². The van der Waals surface area contributed by atoms with E-state index in [1.54, 1.807) is 12.1 Å². The Morgan fingerprint density at radius 1 is 0.500 bits per heavy atom. The Hall–Kier alpha value is -2.92. The van der Waals surface area contributed by atoms with Gasteiger partial charge in [0.1, 0.15) is 11.2 Å². The van der Waals surface area contributed by atoms with E-state index in [4.69, 9.17) is 23.2 Å². The molecule has 0 fully saturated rings. The largest absolute Gasteiger partial charge is 0.376 e. The molecular weight excluding hydrogens is 675 g/mol. The minimum absolute atomic E-state index is 0.352. The first-order valence-electron chi connectivity index (χ1n) is 16.1. The Morgan fingerprint density at radius 3 is 1.15 bits per heavy atom. The fourth-order valence-electron chi connectivity index (χ4n) is 6.58. The molecule has 0 saturated heterocycles. The molecule has 2 unspecified atom stereocenters. The standard InChI is InChI=1S/C32H30Cl2O2.C9H11Br/c1-3-7-21-11-15-23(16-12-21)31(35)25-9-5-6-10-26(25)32(36,24-17-13-22(8-4-2)14-18-24)30-28(34)20-19-27(33)29(30)31;1-2-3-8-4-6-9(10)7-5-8/h5-6,9-20,35-36H,3-4,7-8H2,1-2H3;4-7H,2-3H2,1H3. The molecule has 0 bridgehead atoms. The summed E-state index contributed by atoms with van der Waals surface area (Å²) in [6, 6.07) is 35.4. The lowest BCUT2D eigenvalue weighted by atomic mass is 9.63. The molecule has 238 valence electrons. The van der Waals surface area contributed by atoms with Gasteiger partial charge in [0, 0.05) is 25.6 Å². The van der Waals surface area contributed by atoms with Crippen molar-refractivity contribution >= 4 is 39.1 Å². The molecule has 0 aromatic heterocycles. The Kier molecular flexibility index (Phi) is 11.1. The van der Waals surface area contributed by atoms with Crippen molar-refractivity contribution in [2.75, 3.05) is 0 Å².